The molecule has 0 radical (unpaired) electrons. The minimum atomic E-state index is -0.988. The third kappa shape index (κ3) is 42.1. The summed E-state index contributed by atoms with van der Waals surface area (Å²) in [5, 5.41) is 0. The molecular weight excluding hydrogens is 889 g/mol. The first-order valence-corrected chi connectivity index (χ1v) is 29.8. The highest BCUT2D eigenvalue weighted by Gasteiger charge is 2.21. The predicted octanol–water partition coefficient (Wildman–Crippen LogP) is 18.1. The van der Waals surface area contributed by atoms with Crippen LogP contribution >= 0.6 is 0 Å². The Kier molecular flexibility index (Phi) is 47.3. The molecule has 0 saturated heterocycles. The van der Waals surface area contributed by atoms with E-state index in [0.717, 1.165) is 102 Å². The molecule has 412 valence electrons. The molecule has 0 aliphatic carbocycles. The van der Waals surface area contributed by atoms with Crippen LogP contribution in [0.4, 0.5) is 0 Å². The van der Waals surface area contributed by atoms with Crippen molar-refractivity contribution in [2.75, 3.05) is 39.6 Å². The van der Waals surface area contributed by atoms with E-state index in [1.807, 2.05) is 60.7 Å². The van der Waals surface area contributed by atoms with Crippen molar-refractivity contribution in [1.29, 1.82) is 0 Å². The number of rotatable bonds is 56. The molecule has 0 fully saturated rings. The largest absolute Gasteiger partial charge is 0.353 e. The second kappa shape index (κ2) is 51.6. The maximum atomic E-state index is 6.39. The predicted molar refractivity (Wildman–Crippen MR) is 294 cm³/mol. The molecule has 0 bridgehead atoms. The molecule has 2 aromatic rings. The fraction of sp³-hybridized carbons (Fsp3) is 0.806. The van der Waals surface area contributed by atoms with Gasteiger partial charge in [-0.1, -0.05) is 242 Å². The molecule has 71 heavy (non-hydrogen) atoms. The first-order chi connectivity index (χ1) is 35.2. The van der Waals surface area contributed by atoms with Crippen LogP contribution in [0.1, 0.15) is 257 Å². The van der Waals surface area contributed by atoms with Gasteiger partial charge < -0.3 is 37.9 Å². The zero-order chi connectivity index (χ0) is 50.6. The first kappa shape index (κ1) is 65.2. The van der Waals surface area contributed by atoms with Crippen molar-refractivity contribution in [2.24, 2.45) is 0 Å². The van der Waals surface area contributed by atoms with Crippen molar-refractivity contribution >= 4 is 0 Å². The van der Waals surface area contributed by atoms with E-state index in [9.17, 15) is 0 Å². The van der Waals surface area contributed by atoms with Crippen LogP contribution in [0.2, 0.25) is 0 Å². The molecule has 0 spiro atoms. The van der Waals surface area contributed by atoms with Crippen molar-refractivity contribution < 1.29 is 42.6 Å². The van der Waals surface area contributed by atoms with Gasteiger partial charge in [0.1, 0.15) is 0 Å². The summed E-state index contributed by atoms with van der Waals surface area (Å²) in [5.41, 5.74) is 2.06. The lowest BCUT2D eigenvalue weighted by molar-refractivity contribution is -0.403. The molecule has 9 nitrogen and oxygen atoms in total. The third-order valence-electron chi connectivity index (χ3n) is 13.1. The van der Waals surface area contributed by atoms with Crippen LogP contribution in [0.15, 0.2) is 60.7 Å². The Morgan fingerprint density at radius 3 is 0.817 bits per heavy atom. The lowest BCUT2D eigenvalue weighted by Gasteiger charge is -2.25. The molecule has 0 saturated carbocycles. The molecule has 0 aliphatic heterocycles. The van der Waals surface area contributed by atoms with E-state index < -0.39 is 13.0 Å². The van der Waals surface area contributed by atoms with Gasteiger partial charge in [0.05, 0.1) is 26.4 Å². The van der Waals surface area contributed by atoms with Crippen LogP contribution in [0.25, 0.3) is 0 Å². The van der Waals surface area contributed by atoms with Crippen molar-refractivity contribution in [1.82, 2.24) is 0 Å². The van der Waals surface area contributed by atoms with E-state index in [1.54, 1.807) is 0 Å². The van der Waals surface area contributed by atoms with Gasteiger partial charge in [-0.05, 0) is 75.3 Å². The Morgan fingerprint density at radius 2 is 0.521 bits per heavy atom. The molecular formula is C62H110O9. The molecule has 0 N–H and O–H groups in total. The summed E-state index contributed by atoms with van der Waals surface area (Å²) in [6, 6.07) is 20.2. The summed E-state index contributed by atoms with van der Waals surface area (Å²) in [4.78, 5) is 0. The van der Waals surface area contributed by atoms with Crippen LogP contribution in [0.3, 0.4) is 0 Å². The van der Waals surface area contributed by atoms with E-state index in [1.165, 1.54) is 154 Å². The number of hydrogen-bond donors (Lipinski definition) is 0. The van der Waals surface area contributed by atoms with Crippen molar-refractivity contribution in [3.63, 3.8) is 0 Å². The molecule has 2 aromatic carbocycles. The van der Waals surface area contributed by atoms with Gasteiger partial charge in [-0.25, -0.2) is 0 Å². The van der Waals surface area contributed by atoms with E-state index in [2.05, 4.69) is 27.7 Å². The van der Waals surface area contributed by atoms with E-state index in [0.29, 0.717) is 26.4 Å². The highest BCUT2D eigenvalue weighted by atomic mass is 16.9. The van der Waals surface area contributed by atoms with Gasteiger partial charge >= 0.3 is 0 Å². The first-order valence-electron chi connectivity index (χ1n) is 29.8. The Labute approximate surface area is 437 Å². The number of hydrogen-bond acceptors (Lipinski definition) is 9. The quantitative estimate of drug-likeness (QED) is 0.0475. The van der Waals surface area contributed by atoms with Crippen LogP contribution in [0.5, 0.6) is 0 Å². The second-order valence-electron chi connectivity index (χ2n) is 19.9. The van der Waals surface area contributed by atoms with Crippen LogP contribution in [0, 0.1) is 0 Å². The maximum Gasteiger partial charge on any atom is 0.275 e. The minimum absolute atomic E-state index is 0.190. The van der Waals surface area contributed by atoms with Crippen LogP contribution < -0.4 is 0 Å². The van der Waals surface area contributed by atoms with Crippen molar-refractivity contribution in [3.8, 4) is 0 Å². The number of ether oxygens (including phenoxy) is 9. The average Bonchev–Trinajstić information content (AvgIpc) is 3.39. The lowest BCUT2D eigenvalue weighted by atomic mass is 10.1. The lowest BCUT2D eigenvalue weighted by Crippen LogP contribution is -2.31. The molecule has 0 aliphatic rings. The highest BCUT2D eigenvalue weighted by molar-refractivity contribution is 5.14. The van der Waals surface area contributed by atoms with E-state index in [-0.39, 0.29) is 12.6 Å². The fourth-order valence-electron chi connectivity index (χ4n) is 8.53. The van der Waals surface area contributed by atoms with Crippen LogP contribution in [-0.4, -0.2) is 65.2 Å². The summed E-state index contributed by atoms with van der Waals surface area (Å²) < 4.78 is 57.0. The second-order valence-corrected chi connectivity index (χ2v) is 19.9. The number of benzene rings is 2. The summed E-state index contributed by atoms with van der Waals surface area (Å²) in [6.45, 7) is 11.7. The zero-order valence-corrected chi connectivity index (χ0v) is 46.5. The summed E-state index contributed by atoms with van der Waals surface area (Å²) in [6.07, 6.45) is 40.2. The standard InChI is InChI=1S/C62H110O9/c1-5-9-13-17-21-25-37-49-63-59(64-50-38-26-22-18-14-10-6-2)47-35-41-53-67-61(69-55-57-43-31-29-32-44-57)71-62(70-56-58-45-33-30-34-46-58)68-54-42-36-48-60(65-51-39-27-23-19-15-11-7-3)66-52-40-28-24-20-16-12-8-4/h29-34,43-46,59-62H,5-28,35-42,47-56H2,1-4H3. The molecule has 0 aromatic heterocycles. The van der Waals surface area contributed by atoms with Gasteiger partial charge in [0.2, 0.25) is 0 Å². The van der Waals surface area contributed by atoms with Crippen molar-refractivity contribution in [2.45, 2.75) is 285 Å². The molecule has 0 amide bonds. The van der Waals surface area contributed by atoms with E-state index >= 15 is 0 Å². The van der Waals surface area contributed by atoms with Gasteiger partial charge in [-0.2, -0.15) is 0 Å². The molecule has 2 rings (SSSR count). The highest BCUT2D eigenvalue weighted by Crippen LogP contribution is 2.18. The summed E-state index contributed by atoms with van der Waals surface area (Å²) in [7, 11) is 0. The minimum Gasteiger partial charge on any atom is -0.353 e. The Hall–Kier alpha value is -1.92. The molecule has 2 atom stereocenters. The fourth-order valence-corrected chi connectivity index (χ4v) is 8.53. The Bertz CT molecular complexity index is 1180. The number of unbranched alkanes of at least 4 members (excludes halogenated alkanes) is 26. The maximum absolute atomic E-state index is 6.39. The normalized spacial score (nSPS) is 12.7. The van der Waals surface area contributed by atoms with Gasteiger partial charge in [0, 0.05) is 26.4 Å². The van der Waals surface area contributed by atoms with Gasteiger partial charge in [0.25, 0.3) is 13.0 Å². The Morgan fingerprint density at radius 1 is 0.268 bits per heavy atom. The molecule has 0 heterocycles. The smallest absolute Gasteiger partial charge is 0.275 e. The van der Waals surface area contributed by atoms with Gasteiger partial charge in [0.15, 0.2) is 12.6 Å². The van der Waals surface area contributed by atoms with Crippen molar-refractivity contribution in [3.05, 3.63) is 71.8 Å². The topological polar surface area (TPSA) is 83.1 Å². The summed E-state index contributed by atoms with van der Waals surface area (Å²) in [5.74, 6) is 0. The third-order valence-corrected chi connectivity index (χ3v) is 13.1. The monoisotopic (exact) mass is 999 g/mol. The van der Waals surface area contributed by atoms with Crippen LogP contribution in [-0.2, 0) is 55.8 Å². The SMILES string of the molecule is CCCCCCCCCOC(CCCCOC(OCc1ccccc1)OC(OCCCCC(OCCCCCCCCC)OCCCCCCCCC)OCc1ccccc1)OCCCCCCCCC. The van der Waals surface area contributed by atoms with Gasteiger partial charge in [-0.15, -0.1) is 0 Å². The van der Waals surface area contributed by atoms with Gasteiger partial charge in [-0.3, -0.25) is 4.74 Å². The zero-order valence-electron chi connectivity index (χ0n) is 46.5. The van der Waals surface area contributed by atoms with E-state index in [4.69, 9.17) is 42.6 Å². The summed E-state index contributed by atoms with van der Waals surface area (Å²) >= 11 is 0. The Balaban J connectivity index is 1.97. The molecule has 2 unspecified atom stereocenters. The molecule has 9 heteroatoms. The average molecular weight is 1000 g/mol.